The maximum absolute atomic E-state index is 12.4. The topological polar surface area (TPSA) is 57.7 Å². The summed E-state index contributed by atoms with van der Waals surface area (Å²) in [5.41, 5.74) is 2.25. The Hall–Kier alpha value is -2.34. The Morgan fingerprint density at radius 3 is 1.62 bits per heavy atom. The van der Waals surface area contributed by atoms with E-state index < -0.39 is 21.4 Å². The zero-order valence-electron chi connectivity index (χ0n) is 14.4. The highest BCUT2D eigenvalue weighted by molar-refractivity contribution is 7.92. The summed E-state index contributed by atoms with van der Waals surface area (Å²) in [6.07, 6.45) is 0. The number of nitrogens with zero attached hydrogens (tertiary/aromatic N) is 2. The molecular weight excluding hydrogens is 324 g/mol. The van der Waals surface area contributed by atoms with Crippen molar-refractivity contribution in [3.05, 3.63) is 54.1 Å². The van der Waals surface area contributed by atoms with E-state index in [4.69, 9.17) is 0 Å². The van der Waals surface area contributed by atoms with Crippen molar-refractivity contribution in [3.8, 4) is 0 Å². The average molecular weight is 346 g/mol. The first kappa shape index (κ1) is 18.0. The van der Waals surface area contributed by atoms with Gasteiger partial charge in [0.05, 0.1) is 4.90 Å². The van der Waals surface area contributed by atoms with Gasteiger partial charge in [-0.15, -0.1) is 0 Å². The molecule has 0 radical (unpaired) electrons. The van der Waals surface area contributed by atoms with Crippen LogP contribution >= 0.6 is 0 Å². The largest absolute Gasteiger partial charge is 0.378 e. The molecule has 0 N–H and O–H groups in total. The number of carbonyl (C=O) groups is 1. The van der Waals surface area contributed by atoms with E-state index in [1.807, 2.05) is 38.0 Å². The molecule has 0 spiro atoms. The summed E-state index contributed by atoms with van der Waals surface area (Å²) in [6, 6.07) is 13.4. The first-order valence-corrected chi connectivity index (χ1v) is 9.16. The summed E-state index contributed by atoms with van der Waals surface area (Å²) < 4.78 is 24.9. The minimum atomic E-state index is -3.66. The first-order chi connectivity index (χ1) is 11.2. The predicted molar refractivity (Wildman–Crippen MR) is 97.9 cm³/mol. The third-order valence-electron chi connectivity index (χ3n) is 3.74. The van der Waals surface area contributed by atoms with Crippen molar-refractivity contribution in [2.75, 3.05) is 43.7 Å². The molecule has 0 saturated heterocycles. The lowest BCUT2D eigenvalue weighted by atomic mass is 10.1. The Morgan fingerprint density at radius 1 is 0.792 bits per heavy atom. The fourth-order valence-corrected chi connectivity index (χ4v) is 3.47. The van der Waals surface area contributed by atoms with E-state index >= 15 is 0 Å². The quantitative estimate of drug-likeness (QED) is 0.752. The van der Waals surface area contributed by atoms with Gasteiger partial charge in [0.1, 0.15) is 5.75 Å². The molecule has 0 unspecified atom stereocenters. The SMILES string of the molecule is CN(C)c1ccc(C(=O)CS(=O)(=O)c2ccc(N(C)C)cc2)cc1. The van der Waals surface area contributed by atoms with Gasteiger partial charge < -0.3 is 9.80 Å². The molecular formula is C18H22N2O3S. The molecule has 0 aliphatic rings. The Morgan fingerprint density at radius 2 is 1.21 bits per heavy atom. The predicted octanol–water partition coefficient (Wildman–Crippen LogP) is 2.48. The molecule has 0 amide bonds. The van der Waals surface area contributed by atoms with Crippen molar-refractivity contribution in [2.24, 2.45) is 0 Å². The highest BCUT2D eigenvalue weighted by atomic mass is 32.2. The maximum atomic E-state index is 12.4. The molecule has 2 aromatic rings. The van der Waals surface area contributed by atoms with Crippen LogP contribution in [0.4, 0.5) is 11.4 Å². The van der Waals surface area contributed by atoms with Crippen molar-refractivity contribution < 1.29 is 13.2 Å². The monoisotopic (exact) mass is 346 g/mol. The Bertz CT molecular complexity index is 808. The minimum Gasteiger partial charge on any atom is -0.378 e. The van der Waals surface area contributed by atoms with E-state index in [1.54, 1.807) is 36.4 Å². The molecule has 0 aliphatic carbocycles. The molecule has 0 fully saturated rings. The normalized spacial score (nSPS) is 11.2. The lowest BCUT2D eigenvalue weighted by Crippen LogP contribution is -2.17. The molecule has 0 aromatic heterocycles. The van der Waals surface area contributed by atoms with E-state index in [2.05, 4.69) is 0 Å². The van der Waals surface area contributed by atoms with Crippen LogP contribution < -0.4 is 9.80 Å². The summed E-state index contributed by atoms with van der Waals surface area (Å²) in [5.74, 6) is -0.938. The summed E-state index contributed by atoms with van der Waals surface area (Å²) in [6.45, 7) is 0. The Labute approximate surface area is 143 Å². The van der Waals surface area contributed by atoms with E-state index in [0.717, 1.165) is 11.4 Å². The molecule has 0 bridgehead atoms. The third-order valence-corrected chi connectivity index (χ3v) is 5.37. The van der Waals surface area contributed by atoms with Crippen LogP contribution in [0.25, 0.3) is 0 Å². The first-order valence-electron chi connectivity index (χ1n) is 7.51. The van der Waals surface area contributed by atoms with Crippen molar-refractivity contribution in [3.63, 3.8) is 0 Å². The van der Waals surface area contributed by atoms with Crippen LogP contribution in [0.3, 0.4) is 0 Å². The molecule has 128 valence electrons. The highest BCUT2D eigenvalue weighted by Gasteiger charge is 2.20. The van der Waals surface area contributed by atoms with Gasteiger partial charge in [0, 0.05) is 45.1 Å². The molecule has 2 rings (SSSR count). The van der Waals surface area contributed by atoms with Crippen LogP contribution in [-0.4, -0.2) is 48.1 Å². The van der Waals surface area contributed by atoms with Crippen LogP contribution in [0.1, 0.15) is 10.4 Å². The second-order valence-corrected chi connectivity index (χ2v) is 8.00. The van der Waals surface area contributed by atoms with Gasteiger partial charge in [-0.3, -0.25) is 4.79 Å². The number of hydrogen-bond donors (Lipinski definition) is 0. The van der Waals surface area contributed by atoms with Gasteiger partial charge in [-0.2, -0.15) is 0 Å². The zero-order valence-corrected chi connectivity index (χ0v) is 15.2. The zero-order chi connectivity index (χ0) is 17.9. The van der Waals surface area contributed by atoms with Gasteiger partial charge in [-0.05, 0) is 48.5 Å². The van der Waals surface area contributed by atoms with Crippen molar-refractivity contribution in [1.29, 1.82) is 0 Å². The summed E-state index contributed by atoms with van der Waals surface area (Å²) in [7, 11) is 3.91. The van der Waals surface area contributed by atoms with Crippen molar-refractivity contribution >= 4 is 27.0 Å². The highest BCUT2D eigenvalue weighted by Crippen LogP contribution is 2.19. The van der Waals surface area contributed by atoms with E-state index in [-0.39, 0.29) is 4.90 Å². The smallest absolute Gasteiger partial charge is 0.185 e. The average Bonchev–Trinajstić information content (AvgIpc) is 2.54. The number of anilines is 2. The standard InChI is InChI=1S/C18H22N2O3S/c1-19(2)15-7-5-14(6-8-15)18(21)13-24(22,23)17-11-9-16(10-12-17)20(3)4/h5-12H,13H2,1-4H3. The molecule has 5 nitrogen and oxygen atoms in total. The Balaban J connectivity index is 2.17. The van der Waals surface area contributed by atoms with Crippen LogP contribution in [0.5, 0.6) is 0 Å². The van der Waals surface area contributed by atoms with Crippen LogP contribution in [-0.2, 0) is 9.84 Å². The minimum absolute atomic E-state index is 0.159. The fourth-order valence-electron chi connectivity index (χ4n) is 2.24. The second kappa shape index (κ2) is 7.05. The molecule has 24 heavy (non-hydrogen) atoms. The Kier molecular flexibility index (Phi) is 5.29. The van der Waals surface area contributed by atoms with Gasteiger partial charge in [0.25, 0.3) is 0 Å². The number of benzene rings is 2. The molecule has 0 heterocycles. The van der Waals surface area contributed by atoms with E-state index in [1.165, 1.54) is 12.1 Å². The number of sulfone groups is 1. The van der Waals surface area contributed by atoms with E-state index in [0.29, 0.717) is 5.56 Å². The maximum Gasteiger partial charge on any atom is 0.185 e. The summed E-state index contributed by atoms with van der Waals surface area (Å²) >= 11 is 0. The molecule has 2 aromatic carbocycles. The summed E-state index contributed by atoms with van der Waals surface area (Å²) in [4.78, 5) is 16.2. The molecule has 0 atom stereocenters. The molecule has 0 aliphatic heterocycles. The van der Waals surface area contributed by atoms with Gasteiger partial charge in [0.2, 0.25) is 0 Å². The number of Topliss-reactive ketones (excluding diaryl/α,β-unsaturated/α-hetero) is 1. The fraction of sp³-hybridized carbons (Fsp3) is 0.278. The van der Waals surface area contributed by atoms with Gasteiger partial charge in [-0.1, -0.05) is 0 Å². The number of carbonyl (C=O) groups excluding carboxylic acids is 1. The summed E-state index contributed by atoms with van der Waals surface area (Å²) in [5, 5.41) is 0. The lowest BCUT2D eigenvalue weighted by molar-refractivity contribution is 0.102. The number of rotatable bonds is 6. The third kappa shape index (κ3) is 4.14. The van der Waals surface area contributed by atoms with Gasteiger partial charge in [0.15, 0.2) is 15.6 Å². The second-order valence-electron chi connectivity index (χ2n) is 6.01. The van der Waals surface area contributed by atoms with E-state index in [9.17, 15) is 13.2 Å². The number of hydrogen-bond acceptors (Lipinski definition) is 5. The lowest BCUT2D eigenvalue weighted by Gasteiger charge is -2.13. The van der Waals surface area contributed by atoms with Gasteiger partial charge >= 0.3 is 0 Å². The van der Waals surface area contributed by atoms with Crippen LogP contribution in [0.15, 0.2) is 53.4 Å². The molecule has 0 saturated carbocycles. The molecule has 6 heteroatoms. The van der Waals surface area contributed by atoms with Gasteiger partial charge in [-0.25, -0.2) is 8.42 Å². The van der Waals surface area contributed by atoms with Crippen LogP contribution in [0.2, 0.25) is 0 Å². The van der Waals surface area contributed by atoms with Crippen LogP contribution in [0, 0.1) is 0 Å². The van der Waals surface area contributed by atoms with Crippen molar-refractivity contribution in [1.82, 2.24) is 0 Å². The van der Waals surface area contributed by atoms with Crippen molar-refractivity contribution in [2.45, 2.75) is 4.90 Å². The number of ketones is 1.